The molecule has 0 saturated heterocycles. The Balaban J connectivity index is 2.75. The lowest BCUT2D eigenvalue weighted by Crippen LogP contribution is -2.30. The summed E-state index contributed by atoms with van der Waals surface area (Å²) in [4.78, 5) is 1.34. The van der Waals surface area contributed by atoms with Crippen LogP contribution in [-0.4, -0.2) is 12.3 Å². The summed E-state index contributed by atoms with van der Waals surface area (Å²) in [6.07, 6.45) is 5.75. The predicted molar refractivity (Wildman–Crippen MR) is 97.6 cm³/mol. The van der Waals surface area contributed by atoms with Gasteiger partial charge >= 0.3 is 0 Å². The van der Waals surface area contributed by atoms with Crippen molar-refractivity contribution in [1.29, 1.82) is 0 Å². The van der Waals surface area contributed by atoms with Crippen molar-refractivity contribution >= 4 is 11.8 Å². The Labute approximate surface area is 134 Å². The fourth-order valence-electron chi connectivity index (χ4n) is 2.46. The molecule has 1 nitrogen and oxygen atoms in total. The number of nitrogens with one attached hydrogen (secondary N) is 1. The van der Waals surface area contributed by atoms with E-state index in [4.69, 9.17) is 0 Å². The predicted octanol–water partition coefficient (Wildman–Crippen LogP) is 5.55. The van der Waals surface area contributed by atoms with Gasteiger partial charge in [-0.25, -0.2) is 0 Å². The summed E-state index contributed by atoms with van der Waals surface area (Å²) >= 11 is 1.81. The van der Waals surface area contributed by atoms with Crippen molar-refractivity contribution in [3.05, 3.63) is 58.5 Å². The molecule has 0 aliphatic carbocycles. The number of hydrogen-bond donors (Lipinski definition) is 1. The van der Waals surface area contributed by atoms with Crippen LogP contribution < -0.4 is 5.32 Å². The molecule has 0 bridgehead atoms. The van der Waals surface area contributed by atoms with Crippen LogP contribution >= 0.6 is 11.8 Å². The summed E-state index contributed by atoms with van der Waals surface area (Å²) in [7, 11) is 0. The van der Waals surface area contributed by atoms with Gasteiger partial charge < -0.3 is 5.32 Å². The molecular formula is C19H29NS. The summed E-state index contributed by atoms with van der Waals surface area (Å²) in [5.74, 6) is 0. The number of benzene rings is 1. The lowest BCUT2D eigenvalue weighted by molar-refractivity contribution is 0.519. The zero-order valence-corrected chi connectivity index (χ0v) is 14.7. The third-order valence-corrected chi connectivity index (χ3v) is 4.69. The maximum Gasteiger partial charge on any atom is 0.0328 e. The van der Waals surface area contributed by atoms with Crippen molar-refractivity contribution in [1.82, 2.24) is 5.32 Å². The van der Waals surface area contributed by atoms with Crippen LogP contribution in [0.5, 0.6) is 0 Å². The Bertz CT molecular complexity index is 458. The first-order chi connectivity index (χ1) is 10.1. The smallest absolute Gasteiger partial charge is 0.0328 e. The van der Waals surface area contributed by atoms with Crippen LogP contribution in [-0.2, 0) is 6.54 Å². The van der Waals surface area contributed by atoms with Gasteiger partial charge in [-0.05, 0) is 37.7 Å². The highest BCUT2D eigenvalue weighted by Gasteiger charge is 2.15. The monoisotopic (exact) mass is 303 g/mol. The largest absolute Gasteiger partial charge is 0.306 e. The molecule has 0 amide bonds. The van der Waals surface area contributed by atoms with E-state index in [0.717, 1.165) is 13.0 Å². The van der Waals surface area contributed by atoms with Crippen molar-refractivity contribution < 1.29 is 0 Å². The molecule has 1 N–H and O–H groups in total. The molecule has 116 valence electrons. The molecular weight excluding hydrogens is 274 g/mol. The fraction of sp³-hybridized carbons (Fsp3) is 0.474. The normalized spacial score (nSPS) is 12.0. The summed E-state index contributed by atoms with van der Waals surface area (Å²) < 4.78 is 0. The molecule has 0 heterocycles. The fourth-order valence-corrected chi connectivity index (χ4v) is 3.27. The molecule has 0 saturated carbocycles. The van der Waals surface area contributed by atoms with E-state index in [0.29, 0.717) is 6.04 Å². The molecule has 0 radical (unpaired) electrons. The Morgan fingerprint density at radius 3 is 2.43 bits per heavy atom. The standard InChI is InChI=1S/C19H29NS/c1-6-7-13-18(16(4)19(21-5)15(2)3)20-14-17-11-9-8-10-12-17/h8-12,18,20H,4,6-7,13-14H2,1-3,5H3. The lowest BCUT2D eigenvalue weighted by atomic mass is 10.00. The SMILES string of the molecule is C=C(C(SC)=C(C)C)C(CCCC)NCc1ccccc1. The molecule has 0 spiro atoms. The Morgan fingerprint density at radius 1 is 1.24 bits per heavy atom. The Morgan fingerprint density at radius 2 is 1.90 bits per heavy atom. The van der Waals surface area contributed by atoms with E-state index >= 15 is 0 Å². The molecule has 21 heavy (non-hydrogen) atoms. The van der Waals surface area contributed by atoms with Crippen LogP contribution in [0.2, 0.25) is 0 Å². The van der Waals surface area contributed by atoms with Gasteiger partial charge in [-0.2, -0.15) is 0 Å². The second-order valence-corrected chi connectivity index (χ2v) is 6.44. The third kappa shape index (κ3) is 6.11. The summed E-state index contributed by atoms with van der Waals surface area (Å²) in [6, 6.07) is 11.0. The minimum atomic E-state index is 0.363. The third-order valence-electron chi connectivity index (χ3n) is 3.61. The molecule has 0 fully saturated rings. The van der Waals surface area contributed by atoms with E-state index in [-0.39, 0.29) is 0 Å². The first-order valence-electron chi connectivity index (χ1n) is 7.78. The maximum atomic E-state index is 4.37. The molecule has 1 unspecified atom stereocenters. The first kappa shape index (κ1) is 18.1. The van der Waals surface area contributed by atoms with Crippen molar-refractivity contribution in [3.63, 3.8) is 0 Å². The zero-order chi connectivity index (χ0) is 15.7. The van der Waals surface area contributed by atoms with Gasteiger partial charge in [0, 0.05) is 17.5 Å². The molecule has 0 aromatic heterocycles. The number of hydrogen-bond acceptors (Lipinski definition) is 2. The lowest BCUT2D eigenvalue weighted by Gasteiger charge is -2.23. The maximum absolute atomic E-state index is 4.37. The summed E-state index contributed by atoms with van der Waals surface area (Å²) in [5.41, 5.74) is 3.93. The number of rotatable bonds is 9. The van der Waals surface area contributed by atoms with E-state index in [1.165, 1.54) is 34.5 Å². The van der Waals surface area contributed by atoms with Gasteiger partial charge in [0.15, 0.2) is 0 Å². The number of thioether (sulfide) groups is 1. The number of unbranched alkanes of at least 4 members (excludes halogenated alkanes) is 1. The minimum Gasteiger partial charge on any atom is -0.306 e. The van der Waals surface area contributed by atoms with Gasteiger partial charge in [0.25, 0.3) is 0 Å². The van der Waals surface area contributed by atoms with Crippen molar-refractivity contribution in [2.75, 3.05) is 6.26 Å². The van der Waals surface area contributed by atoms with Crippen molar-refractivity contribution in [2.24, 2.45) is 0 Å². The van der Waals surface area contributed by atoms with Crippen LogP contribution in [0.1, 0.15) is 45.6 Å². The van der Waals surface area contributed by atoms with Crippen LogP contribution in [0.4, 0.5) is 0 Å². The van der Waals surface area contributed by atoms with Gasteiger partial charge in [0.05, 0.1) is 0 Å². The minimum absolute atomic E-state index is 0.363. The van der Waals surface area contributed by atoms with Gasteiger partial charge in [-0.15, -0.1) is 11.8 Å². The number of allylic oxidation sites excluding steroid dienone is 1. The summed E-state index contributed by atoms with van der Waals surface area (Å²) in [5, 5.41) is 3.69. The molecule has 2 heteroatoms. The van der Waals surface area contributed by atoms with Crippen LogP contribution in [0, 0.1) is 0 Å². The van der Waals surface area contributed by atoms with Gasteiger partial charge in [-0.1, -0.05) is 62.2 Å². The first-order valence-corrected chi connectivity index (χ1v) is 9.00. The second kappa shape index (κ2) is 9.86. The van der Waals surface area contributed by atoms with Gasteiger partial charge in [0.2, 0.25) is 0 Å². The second-order valence-electron chi connectivity index (χ2n) is 5.62. The van der Waals surface area contributed by atoms with Crippen molar-refractivity contribution in [2.45, 2.75) is 52.6 Å². The molecule has 1 aromatic carbocycles. The molecule has 1 atom stereocenters. The van der Waals surface area contributed by atoms with E-state index in [1.807, 2.05) is 11.8 Å². The molecule has 1 aromatic rings. The highest BCUT2D eigenvalue weighted by molar-refractivity contribution is 8.02. The molecule has 1 rings (SSSR count). The topological polar surface area (TPSA) is 12.0 Å². The Kier molecular flexibility index (Phi) is 8.48. The average Bonchev–Trinajstić information content (AvgIpc) is 2.48. The molecule has 0 aliphatic rings. The zero-order valence-electron chi connectivity index (χ0n) is 13.9. The highest BCUT2D eigenvalue weighted by Crippen LogP contribution is 2.28. The van der Waals surface area contributed by atoms with Gasteiger partial charge in [0.1, 0.15) is 0 Å². The van der Waals surface area contributed by atoms with Crippen LogP contribution in [0.3, 0.4) is 0 Å². The van der Waals surface area contributed by atoms with Gasteiger partial charge in [-0.3, -0.25) is 0 Å². The van der Waals surface area contributed by atoms with E-state index in [9.17, 15) is 0 Å². The quantitative estimate of drug-likeness (QED) is 0.600. The van der Waals surface area contributed by atoms with Crippen LogP contribution in [0.15, 0.2) is 53.0 Å². The molecule has 0 aliphatic heterocycles. The average molecular weight is 304 g/mol. The van der Waals surface area contributed by atoms with Crippen LogP contribution in [0.25, 0.3) is 0 Å². The highest BCUT2D eigenvalue weighted by atomic mass is 32.2. The summed E-state index contributed by atoms with van der Waals surface area (Å²) in [6.45, 7) is 11.9. The van der Waals surface area contributed by atoms with E-state index in [2.05, 4.69) is 69.3 Å². The van der Waals surface area contributed by atoms with Crippen molar-refractivity contribution in [3.8, 4) is 0 Å². The Hall–Kier alpha value is -0.990. The van der Waals surface area contributed by atoms with E-state index in [1.54, 1.807) is 0 Å². The van der Waals surface area contributed by atoms with E-state index < -0.39 is 0 Å².